The van der Waals surface area contributed by atoms with Gasteiger partial charge in [0.1, 0.15) is 0 Å². The second-order valence-electron chi connectivity index (χ2n) is 4.81. The molecule has 0 aliphatic heterocycles. The number of thioether (sulfide) groups is 1. The van der Waals surface area contributed by atoms with Crippen LogP contribution < -0.4 is 10.9 Å². The standard InChI is InChI=1S/C15H17N3OS/c19-15-14(16-8-10-18(15)12-6-7-12)17-9-11-20-13-4-2-1-3-5-13/h1-5,8,10,12H,6-7,9,11H2,(H,16,17). The van der Waals surface area contributed by atoms with E-state index >= 15 is 0 Å². The molecule has 1 aliphatic rings. The first kappa shape index (κ1) is 13.2. The van der Waals surface area contributed by atoms with Gasteiger partial charge in [0.25, 0.3) is 5.56 Å². The fourth-order valence-corrected chi connectivity index (χ4v) is 2.83. The highest BCUT2D eigenvalue weighted by molar-refractivity contribution is 7.99. The van der Waals surface area contributed by atoms with Gasteiger partial charge in [0.05, 0.1) is 0 Å². The summed E-state index contributed by atoms with van der Waals surface area (Å²) in [6.45, 7) is 0.733. The Kier molecular flexibility index (Phi) is 4.06. The average Bonchev–Trinajstić information content (AvgIpc) is 3.31. The van der Waals surface area contributed by atoms with Crippen LogP contribution in [-0.4, -0.2) is 21.8 Å². The highest BCUT2D eigenvalue weighted by Crippen LogP contribution is 2.33. The van der Waals surface area contributed by atoms with Crippen molar-refractivity contribution < 1.29 is 0 Å². The molecule has 1 N–H and O–H groups in total. The second kappa shape index (κ2) is 6.13. The number of hydrogen-bond donors (Lipinski definition) is 1. The number of hydrogen-bond acceptors (Lipinski definition) is 4. The maximum Gasteiger partial charge on any atom is 0.293 e. The molecule has 2 aromatic rings. The van der Waals surface area contributed by atoms with Crippen molar-refractivity contribution in [2.24, 2.45) is 0 Å². The van der Waals surface area contributed by atoms with Crippen LogP contribution in [0.4, 0.5) is 5.82 Å². The molecule has 4 nitrogen and oxygen atoms in total. The molecule has 1 aromatic heterocycles. The van der Waals surface area contributed by atoms with Gasteiger partial charge in [-0.05, 0) is 25.0 Å². The molecule has 1 fully saturated rings. The van der Waals surface area contributed by atoms with Crippen molar-refractivity contribution in [3.05, 3.63) is 53.1 Å². The molecule has 0 radical (unpaired) electrons. The molecule has 20 heavy (non-hydrogen) atoms. The Morgan fingerprint density at radius 1 is 1.30 bits per heavy atom. The first-order valence-corrected chi connectivity index (χ1v) is 7.82. The van der Waals surface area contributed by atoms with Crippen LogP contribution >= 0.6 is 11.8 Å². The first-order chi connectivity index (χ1) is 9.84. The molecule has 0 amide bonds. The molecule has 1 aliphatic carbocycles. The number of anilines is 1. The summed E-state index contributed by atoms with van der Waals surface area (Å²) in [5, 5.41) is 3.14. The zero-order valence-corrected chi connectivity index (χ0v) is 12.0. The molecule has 0 saturated heterocycles. The molecular weight excluding hydrogens is 270 g/mol. The van der Waals surface area contributed by atoms with Gasteiger partial charge in [-0.3, -0.25) is 4.79 Å². The maximum absolute atomic E-state index is 12.1. The lowest BCUT2D eigenvalue weighted by Gasteiger charge is -2.08. The van der Waals surface area contributed by atoms with E-state index in [1.807, 2.05) is 18.2 Å². The quantitative estimate of drug-likeness (QED) is 0.655. The van der Waals surface area contributed by atoms with Crippen LogP contribution in [0.25, 0.3) is 0 Å². The monoisotopic (exact) mass is 287 g/mol. The van der Waals surface area contributed by atoms with E-state index in [-0.39, 0.29) is 5.56 Å². The van der Waals surface area contributed by atoms with Crippen molar-refractivity contribution in [1.29, 1.82) is 0 Å². The number of nitrogens with zero attached hydrogens (tertiary/aromatic N) is 2. The third kappa shape index (κ3) is 3.22. The van der Waals surface area contributed by atoms with Crippen LogP contribution in [0.2, 0.25) is 0 Å². The summed E-state index contributed by atoms with van der Waals surface area (Å²) in [6.07, 6.45) is 5.69. The van der Waals surface area contributed by atoms with Crippen LogP contribution in [0.5, 0.6) is 0 Å². The molecule has 0 unspecified atom stereocenters. The largest absolute Gasteiger partial charge is 0.365 e. The summed E-state index contributed by atoms with van der Waals surface area (Å²) in [4.78, 5) is 17.5. The van der Waals surface area contributed by atoms with Crippen molar-refractivity contribution in [1.82, 2.24) is 9.55 Å². The van der Waals surface area contributed by atoms with Crippen molar-refractivity contribution in [2.75, 3.05) is 17.6 Å². The van der Waals surface area contributed by atoms with Gasteiger partial charge in [-0.2, -0.15) is 0 Å². The van der Waals surface area contributed by atoms with Crippen LogP contribution in [0, 0.1) is 0 Å². The normalized spacial score (nSPS) is 14.2. The Hall–Kier alpha value is -1.75. The minimum absolute atomic E-state index is 0.000267. The minimum Gasteiger partial charge on any atom is -0.365 e. The Morgan fingerprint density at radius 2 is 2.10 bits per heavy atom. The number of rotatable bonds is 6. The van der Waals surface area contributed by atoms with E-state index in [9.17, 15) is 4.79 Å². The molecule has 104 valence electrons. The lowest BCUT2D eigenvalue weighted by atomic mass is 10.4. The van der Waals surface area contributed by atoms with Gasteiger partial charge in [-0.25, -0.2) is 4.98 Å². The number of benzene rings is 1. The third-order valence-electron chi connectivity index (χ3n) is 3.21. The average molecular weight is 287 g/mol. The van der Waals surface area contributed by atoms with Crippen molar-refractivity contribution in [2.45, 2.75) is 23.8 Å². The van der Waals surface area contributed by atoms with Crippen LogP contribution in [0.1, 0.15) is 18.9 Å². The lowest BCUT2D eigenvalue weighted by molar-refractivity contribution is 0.700. The summed E-state index contributed by atoms with van der Waals surface area (Å²) >= 11 is 1.77. The van der Waals surface area contributed by atoms with Crippen LogP contribution in [0.15, 0.2) is 52.4 Å². The van der Waals surface area contributed by atoms with Gasteiger partial charge in [-0.1, -0.05) is 18.2 Å². The van der Waals surface area contributed by atoms with E-state index in [0.29, 0.717) is 11.9 Å². The number of nitrogens with one attached hydrogen (secondary N) is 1. The molecule has 3 rings (SSSR count). The summed E-state index contributed by atoms with van der Waals surface area (Å²) in [5.41, 5.74) is -0.000267. The van der Waals surface area contributed by atoms with E-state index in [4.69, 9.17) is 0 Å². The fourth-order valence-electron chi connectivity index (χ4n) is 2.04. The molecule has 1 saturated carbocycles. The molecule has 0 spiro atoms. The SMILES string of the molecule is O=c1c(NCCSc2ccccc2)nccn1C1CC1. The summed E-state index contributed by atoms with van der Waals surface area (Å²) in [5.74, 6) is 1.37. The zero-order valence-electron chi connectivity index (χ0n) is 11.2. The Balaban J connectivity index is 1.54. The minimum atomic E-state index is -0.000267. The number of aromatic nitrogens is 2. The molecular formula is C15H17N3OS. The summed E-state index contributed by atoms with van der Waals surface area (Å²) < 4.78 is 1.79. The van der Waals surface area contributed by atoms with E-state index in [0.717, 1.165) is 25.1 Å². The Labute approximate surface area is 122 Å². The van der Waals surface area contributed by atoms with E-state index in [2.05, 4.69) is 22.4 Å². The predicted molar refractivity (Wildman–Crippen MR) is 82.4 cm³/mol. The second-order valence-corrected chi connectivity index (χ2v) is 5.98. The van der Waals surface area contributed by atoms with E-state index in [1.54, 1.807) is 28.7 Å². The Bertz CT molecular complexity index is 623. The van der Waals surface area contributed by atoms with Crippen molar-refractivity contribution in [3.63, 3.8) is 0 Å². The van der Waals surface area contributed by atoms with Gasteiger partial charge in [0.15, 0.2) is 5.82 Å². The summed E-state index contributed by atoms with van der Waals surface area (Å²) in [6, 6.07) is 10.6. The first-order valence-electron chi connectivity index (χ1n) is 6.83. The predicted octanol–water partition coefficient (Wildman–Crippen LogP) is 2.78. The van der Waals surface area contributed by atoms with Crippen molar-refractivity contribution >= 4 is 17.6 Å². The molecule has 1 heterocycles. The third-order valence-corrected chi connectivity index (χ3v) is 4.23. The van der Waals surface area contributed by atoms with E-state index < -0.39 is 0 Å². The highest BCUT2D eigenvalue weighted by Gasteiger charge is 2.25. The fraction of sp³-hybridized carbons (Fsp3) is 0.333. The molecule has 1 aromatic carbocycles. The van der Waals surface area contributed by atoms with Crippen LogP contribution in [-0.2, 0) is 0 Å². The molecule has 0 bridgehead atoms. The van der Waals surface area contributed by atoms with Gasteiger partial charge < -0.3 is 9.88 Å². The summed E-state index contributed by atoms with van der Waals surface area (Å²) in [7, 11) is 0. The van der Waals surface area contributed by atoms with Gasteiger partial charge in [0, 0.05) is 35.6 Å². The zero-order chi connectivity index (χ0) is 13.8. The van der Waals surface area contributed by atoms with Crippen LogP contribution in [0.3, 0.4) is 0 Å². The van der Waals surface area contributed by atoms with Gasteiger partial charge >= 0.3 is 0 Å². The smallest absolute Gasteiger partial charge is 0.293 e. The topological polar surface area (TPSA) is 46.9 Å². The molecule has 5 heteroatoms. The Morgan fingerprint density at radius 3 is 2.85 bits per heavy atom. The highest BCUT2D eigenvalue weighted by atomic mass is 32.2. The lowest BCUT2D eigenvalue weighted by Crippen LogP contribution is -2.24. The van der Waals surface area contributed by atoms with Gasteiger partial charge in [-0.15, -0.1) is 11.8 Å². The van der Waals surface area contributed by atoms with Crippen molar-refractivity contribution in [3.8, 4) is 0 Å². The molecule has 0 atom stereocenters. The maximum atomic E-state index is 12.1. The van der Waals surface area contributed by atoms with Gasteiger partial charge in [0.2, 0.25) is 0 Å². The van der Waals surface area contributed by atoms with E-state index in [1.165, 1.54) is 4.90 Å².